The second-order valence-corrected chi connectivity index (χ2v) is 5.59. The van der Waals surface area contributed by atoms with Crippen LogP contribution in [0.25, 0.3) is 0 Å². The van der Waals surface area contributed by atoms with Crippen molar-refractivity contribution in [3.63, 3.8) is 0 Å². The first-order valence-electron chi connectivity index (χ1n) is 7.22. The SMILES string of the molecule is Fc1ccc(CC2CCN(CCn3ccnc3)C2)cc1. The van der Waals surface area contributed by atoms with Crippen molar-refractivity contribution in [1.82, 2.24) is 14.5 Å². The van der Waals surface area contributed by atoms with Crippen molar-refractivity contribution in [2.75, 3.05) is 19.6 Å². The van der Waals surface area contributed by atoms with Crippen LogP contribution in [0.5, 0.6) is 0 Å². The van der Waals surface area contributed by atoms with E-state index in [0.29, 0.717) is 5.92 Å². The molecule has 0 radical (unpaired) electrons. The van der Waals surface area contributed by atoms with Crippen LogP contribution in [0.2, 0.25) is 0 Å². The Morgan fingerprint density at radius 2 is 2.05 bits per heavy atom. The van der Waals surface area contributed by atoms with Gasteiger partial charge in [-0.05, 0) is 43.0 Å². The first-order chi connectivity index (χ1) is 9.79. The fraction of sp³-hybridized carbons (Fsp3) is 0.438. The molecule has 20 heavy (non-hydrogen) atoms. The molecule has 1 saturated heterocycles. The molecule has 3 nitrogen and oxygen atoms in total. The molecule has 0 aliphatic carbocycles. The third-order valence-corrected chi connectivity index (χ3v) is 4.04. The van der Waals surface area contributed by atoms with Crippen LogP contribution in [-0.4, -0.2) is 34.1 Å². The minimum absolute atomic E-state index is 0.151. The van der Waals surface area contributed by atoms with Crippen LogP contribution in [0.4, 0.5) is 4.39 Å². The van der Waals surface area contributed by atoms with Crippen LogP contribution >= 0.6 is 0 Å². The molecule has 0 saturated carbocycles. The predicted octanol–water partition coefficient (Wildman–Crippen LogP) is 2.59. The van der Waals surface area contributed by atoms with Crippen LogP contribution in [0, 0.1) is 11.7 Å². The van der Waals surface area contributed by atoms with Crippen molar-refractivity contribution in [3.05, 3.63) is 54.4 Å². The van der Waals surface area contributed by atoms with Gasteiger partial charge >= 0.3 is 0 Å². The zero-order valence-electron chi connectivity index (χ0n) is 11.6. The van der Waals surface area contributed by atoms with Crippen LogP contribution in [0.15, 0.2) is 43.0 Å². The van der Waals surface area contributed by atoms with Gasteiger partial charge in [-0.3, -0.25) is 0 Å². The monoisotopic (exact) mass is 273 g/mol. The Hall–Kier alpha value is -1.68. The second kappa shape index (κ2) is 6.18. The Morgan fingerprint density at radius 3 is 2.80 bits per heavy atom. The highest BCUT2D eigenvalue weighted by molar-refractivity contribution is 5.16. The molecule has 1 aromatic heterocycles. The van der Waals surface area contributed by atoms with Gasteiger partial charge < -0.3 is 9.47 Å². The first-order valence-corrected chi connectivity index (χ1v) is 7.22. The lowest BCUT2D eigenvalue weighted by molar-refractivity contribution is 0.309. The molecule has 2 heterocycles. The van der Waals surface area contributed by atoms with Gasteiger partial charge in [0.2, 0.25) is 0 Å². The quantitative estimate of drug-likeness (QED) is 0.835. The van der Waals surface area contributed by atoms with Crippen LogP contribution in [0.1, 0.15) is 12.0 Å². The Kier molecular flexibility index (Phi) is 4.11. The summed E-state index contributed by atoms with van der Waals surface area (Å²) in [7, 11) is 0. The van der Waals surface area contributed by atoms with E-state index >= 15 is 0 Å². The number of aromatic nitrogens is 2. The van der Waals surface area contributed by atoms with Crippen molar-refractivity contribution in [2.45, 2.75) is 19.4 Å². The van der Waals surface area contributed by atoms with Gasteiger partial charge in [-0.1, -0.05) is 12.1 Å². The van der Waals surface area contributed by atoms with E-state index in [1.54, 1.807) is 12.1 Å². The van der Waals surface area contributed by atoms with E-state index < -0.39 is 0 Å². The van der Waals surface area contributed by atoms with Gasteiger partial charge in [-0.15, -0.1) is 0 Å². The van der Waals surface area contributed by atoms with Crippen LogP contribution < -0.4 is 0 Å². The van der Waals surface area contributed by atoms with E-state index in [-0.39, 0.29) is 5.82 Å². The molecule has 0 spiro atoms. The van der Waals surface area contributed by atoms with Gasteiger partial charge in [-0.25, -0.2) is 9.37 Å². The summed E-state index contributed by atoms with van der Waals surface area (Å²) in [6.07, 6.45) is 7.99. The minimum Gasteiger partial charge on any atom is -0.336 e. The number of hydrogen-bond acceptors (Lipinski definition) is 2. The average molecular weight is 273 g/mol. The van der Waals surface area contributed by atoms with Crippen LogP contribution in [-0.2, 0) is 13.0 Å². The summed E-state index contributed by atoms with van der Waals surface area (Å²) in [6, 6.07) is 6.93. The maximum Gasteiger partial charge on any atom is 0.123 e. The maximum absolute atomic E-state index is 12.9. The number of halogens is 1. The number of benzene rings is 1. The lowest BCUT2D eigenvalue weighted by Gasteiger charge is -2.16. The van der Waals surface area contributed by atoms with Crippen molar-refractivity contribution in [2.24, 2.45) is 5.92 Å². The zero-order valence-corrected chi connectivity index (χ0v) is 11.6. The summed E-state index contributed by atoms with van der Waals surface area (Å²) in [5.41, 5.74) is 1.24. The first kappa shape index (κ1) is 13.3. The third kappa shape index (κ3) is 3.45. The predicted molar refractivity (Wildman–Crippen MR) is 76.9 cm³/mol. The Labute approximate surface area is 119 Å². The Morgan fingerprint density at radius 1 is 1.20 bits per heavy atom. The molecule has 106 valence electrons. The minimum atomic E-state index is -0.151. The van der Waals surface area contributed by atoms with E-state index in [2.05, 4.69) is 14.5 Å². The summed E-state index contributed by atoms with van der Waals surface area (Å²) >= 11 is 0. The smallest absolute Gasteiger partial charge is 0.123 e. The molecular weight excluding hydrogens is 253 g/mol. The van der Waals surface area contributed by atoms with Crippen molar-refractivity contribution >= 4 is 0 Å². The number of rotatable bonds is 5. The molecule has 0 bridgehead atoms. The van der Waals surface area contributed by atoms with Crippen LogP contribution in [0.3, 0.4) is 0 Å². The second-order valence-electron chi connectivity index (χ2n) is 5.59. The summed E-state index contributed by atoms with van der Waals surface area (Å²) in [5.74, 6) is 0.547. The highest BCUT2D eigenvalue weighted by atomic mass is 19.1. The van der Waals surface area contributed by atoms with E-state index in [1.165, 1.54) is 18.5 Å². The standard InChI is InChI=1S/C16H20FN3/c17-16-3-1-14(2-4-16)11-15-5-7-19(12-15)9-10-20-8-6-18-13-20/h1-4,6,8,13,15H,5,7,9-12H2. The molecule has 1 fully saturated rings. The third-order valence-electron chi connectivity index (χ3n) is 4.04. The summed E-state index contributed by atoms with van der Waals surface area (Å²) in [4.78, 5) is 6.57. The molecule has 1 aromatic carbocycles. The normalized spacial score (nSPS) is 19.6. The van der Waals surface area contributed by atoms with Crippen molar-refractivity contribution in [3.8, 4) is 0 Å². The van der Waals surface area contributed by atoms with E-state index in [1.807, 2.05) is 30.9 Å². The van der Waals surface area contributed by atoms with Crippen molar-refractivity contribution < 1.29 is 4.39 Å². The van der Waals surface area contributed by atoms with E-state index in [9.17, 15) is 4.39 Å². The summed E-state index contributed by atoms with van der Waals surface area (Å²) in [6.45, 7) is 4.40. The lowest BCUT2D eigenvalue weighted by atomic mass is 9.99. The molecule has 1 aliphatic rings. The van der Waals surface area contributed by atoms with E-state index in [4.69, 9.17) is 0 Å². The topological polar surface area (TPSA) is 21.1 Å². The largest absolute Gasteiger partial charge is 0.336 e. The van der Waals surface area contributed by atoms with E-state index in [0.717, 1.165) is 26.1 Å². The Balaban J connectivity index is 1.46. The summed E-state index contributed by atoms with van der Waals surface area (Å²) < 4.78 is 15.0. The van der Waals surface area contributed by atoms with Gasteiger partial charge in [0.05, 0.1) is 6.33 Å². The van der Waals surface area contributed by atoms with Crippen molar-refractivity contribution in [1.29, 1.82) is 0 Å². The molecule has 2 aromatic rings. The van der Waals surface area contributed by atoms with Gasteiger partial charge in [0.15, 0.2) is 0 Å². The molecule has 3 rings (SSSR count). The van der Waals surface area contributed by atoms with Gasteiger partial charge in [0.25, 0.3) is 0 Å². The highest BCUT2D eigenvalue weighted by Gasteiger charge is 2.22. The number of imidazole rings is 1. The molecule has 0 N–H and O–H groups in total. The molecule has 0 amide bonds. The average Bonchev–Trinajstić information content (AvgIpc) is 3.10. The molecule has 1 atom stereocenters. The summed E-state index contributed by atoms with van der Waals surface area (Å²) in [5, 5.41) is 0. The zero-order chi connectivity index (χ0) is 13.8. The molecular formula is C16H20FN3. The fourth-order valence-corrected chi connectivity index (χ4v) is 2.91. The number of nitrogens with zero attached hydrogens (tertiary/aromatic N) is 3. The van der Waals surface area contributed by atoms with Gasteiger partial charge in [0, 0.05) is 32.0 Å². The Bertz CT molecular complexity index is 521. The molecule has 1 aliphatic heterocycles. The maximum atomic E-state index is 12.9. The van der Waals surface area contributed by atoms with Gasteiger partial charge in [0.1, 0.15) is 5.82 Å². The molecule has 4 heteroatoms. The highest BCUT2D eigenvalue weighted by Crippen LogP contribution is 2.20. The molecule has 1 unspecified atom stereocenters. The number of likely N-dealkylation sites (tertiary alicyclic amines) is 1. The lowest BCUT2D eigenvalue weighted by Crippen LogP contribution is -2.25. The fourth-order valence-electron chi connectivity index (χ4n) is 2.91. The number of hydrogen-bond donors (Lipinski definition) is 0. The van der Waals surface area contributed by atoms with Gasteiger partial charge in [-0.2, -0.15) is 0 Å².